The van der Waals surface area contributed by atoms with Gasteiger partial charge in [-0.2, -0.15) is 0 Å². The van der Waals surface area contributed by atoms with Crippen LogP contribution in [0.15, 0.2) is 48.5 Å². The van der Waals surface area contributed by atoms with E-state index in [1.807, 2.05) is 73.1 Å². The van der Waals surface area contributed by atoms with Crippen molar-refractivity contribution in [2.75, 3.05) is 26.0 Å². The number of aromatic nitrogens is 1. The quantitative estimate of drug-likeness (QED) is 0.381. The lowest BCUT2D eigenvalue weighted by Gasteiger charge is -2.11. The van der Waals surface area contributed by atoms with Crippen LogP contribution in [-0.4, -0.2) is 47.8 Å². The van der Waals surface area contributed by atoms with Crippen molar-refractivity contribution in [3.63, 3.8) is 0 Å². The molecule has 4 aromatic rings. The molecule has 0 saturated heterocycles. The molecule has 2 N–H and O–H groups in total. The normalized spacial score (nSPS) is 13.1. The van der Waals surface area contributed by atoms with Crippen molar-refractivity contribution in [1.29, 1.82) is 0 Å². The zero-order chi connectivity index (χ0) is 24.9. The van der Waals surface area contributed by atoms with Gasteiger partial charge in [-0.25, -0.2) is 0 Å². The molecule has 35 heavy (non-hydrogen) atoms. The number of carbonyl (C=O) groups is 3. The monoisotopic (exact) mass is 488 g/mol. The highest BCUT2D eigenvalue weighted by molar-refractivity contribution is 6.36. The standard InChI is InChI=1S/C27H25ClN4O3/c1-31(2)12-6-9-22(33)29-15-10-11-20-18(13-15)23-21(32(20)3)14-17(16-7-4-5-8-19(16)28)24-25(23)27(35)30-26(24)34/h4-5,7-8,10-11,13-14H,6,9,12H2,1-3H3,(H,29,33)(H,30,34,35). The zero-order valence-corrected chi connectivity index (χ0v) is 20.5. The lowest BCUT2D eigenvalue weighted by molar-refractivity contribution is -0.116. The third-order valence-corrected chi connectivity index (χ3v) is 6.76. The number of imide groups is 1. The first-order valence-corrected chi connectivity index (χ1v) is 11.8. The molecule has 0 fully saturated rings. The van der Waals surface area contributed by atoms with Crippen molar-refractivity contribution in [2.45, 2.75) is 12.8 Å². The summed E-state index contributed by atoms with van der Waals surface area (Å²) in [7, 11) is 5.87. The Balaban J connectivity index is 1.67. The van der Waals surface area contributed by atoms with Crippen molar-refractivity contribution in [3.05, 3.63) is 64.7 Å². The number of hydrogen-bond acceptors (Lipinski definition) is 4. The second-order valence-corrected chi connectivity index (χ2v) is 9.48. The van der Waals surface area contributed by atoms with Gasteiger partial charge < -0.3 is 14.8 Å². The Morgan fingerprint density at radius 3 is 2.49 bits per heavy atom. The van der Waals surface area contributed by atoms with Crippen LogP contribution in [0.5, 0.6) is 0 Å². The molecule has 2 heterocycles. The number of nitrogens with zero attached hydrogens (tertiary/aromatic N) is 2. The van der Waals surface area contributed by atoms with E-state index in [-0.39, 0.29) is 5.91 Å². The third-order valence-electron chi connectivity index (χ3n) is 6.43. The van der Waals surface area contributed by atoms with Gasteiger partial charge in [-0.3, -0.25) is 19.7 Å². The van der Waals surface area contributed by atoms with Crippen LogP contribution in [0.3, 0.4) is 0 Å². The van der Waals surface area contributed by atoms with Crippen LogP contribution in [-0.2, 0) is 11.8 Å². The molecule has 178 valence electrons. The second-order valence-electron chi connectivity index (χ2n) is 9.08. The maximum Gasteiger partial charge on any atom is 0.259 e. The van der Waals surface area contributed by atoms with E-state index < -0.39 is 11.8 Å². The van der Waals surface area contributed by atoms with Gasteiger partial charge in [-0.05, 0) is 63.0 Å². The number of rotatable bonds is 6. The number of hydrogen-bond donors (Lipinski definition) is 2. The van der Waals surface area contributed by atoms with Gasteiger partial charge in [-0.15, -0.1) is 0 Å². The Kier molecular flexibility index (Phi) is 5.83. The average molecular weight is 489 g/mol. The Bertz CT molecular complexity index is 1540. The summed E-state index contributed by atoms with van der Waals surface area (Å²) >= 11 is 6.47. The summed E-state index contributed by atoms with van der Waals surface area (Å²) in [6, 6.07) is 14.8. The number of halogens is 1. The lowest BCUT2D eigenvalue weighted by atomic mass is 9.93. The number of aryl methyl sites for hydroxylation is 1. The molecular weight excluding hydrogens is 464 g/mol. The fourth-order valence-corrected chi connectivity index (χ4v) is 5.04. The van der Waals surface area contributed by atoms with Gasteiger partial charge >= 0.3 is 0 Å². The molecule has 0 unspecified atom stereocenters. The van der Waals surface area contributed by atoms with E-state index in [0.29, 0.717) is 44.8 Å². The first-order chi connectivity index (χ1) is 16.8. The van der Waals surface area contributed by atoms with Crippen LogP contribution in [0.2, 0.25) is 5.02 Å². The van der Waals surface area contributed by atoms with Crippen LogP contribution in [0.25, 0.3) is 32.9 Å². The molecule has 0 radical (unpaired) electrons. The second kappa shape index (κ2) is 8.83. The van der Waals surface area contributed by atoms with Crippen LogP contribution < -0.4 is 10.6 Å². The fraction of sp³-hybridized carbons (Fsp3) is 0.222. The van der Waals surface area contributed by atoms with Crippen LogP contribution in [0, 0.1) is 0 Å². The van der Waals surface area contributed by atoms with Gasteiger partial charge in [-0.1, -0.05) is 29.8 Å². The van der Waals surface area contributed by atoms with Gasteiger partial charge in [0.1, 0.15) is 0 Å². The molecule has 0 bridgehead atoms. The van der Waals surface area contributed by atoms with Crippen molar-refractivity contribution in [3.8, 4) is 11.1 Å². The summed E-state index contributed by atoms with van der Waals surface area (Å²) in [4.78, 5) is 40.4. The van der Waals surface area contributed by atoms with Gasteiger partial charge in [0.25, 0.3) is 11.8 Å². The van der Waals surface area contributed by atoms with Crippen molar-refractivity contribution in [1.82, 2.24) is 14.8 Å². The molecule has 0 spiro atoms. The topological polar surface area (TPSA) is 83.4 Å². The zero-order valence-electron chi connectivity index (χ0n) is 19.7. The molecule has 3 amide bonds. The van der Waals surface area contributed by atoms with Crippen LogP contribution in [0.4, 0.5) is 5.69 Å². The summed E-state index contributed by atoms with van der Waals surface area (Å²) in [5, 5.41) is 7.39. The van der Waals surface area contributed by atoms with Gasteiger partial charge in [0.05, 0.1) is 16.6 Å². The number of benzene rings is 3. The predicted molar refractivity (Wildman–Crippen MR) is 139 cm³/mol. The Morgan fingerprint density at radius 1 is 1.00 bits per heavy atom. The predicted octanol–water partition coefficient (Wildman–Crippen LogP) is 4.82. The molecule has 1 aliphatic heterocycles. The molecule has 1 aliphatic rings. The maximum absolute atomic E-state index is 13.0. The van der Waals surface area contributed by atoms with E-state index in [0.717, 1.165) is 29.4 Å². The molecule has 0 atom stereocenters. The summed E-state index contributed by atoms with van der Waals surface area (Å²) in [5.41, 5.74) is 4.29. The summed E-state index contributed by atoms with van der Waals surface area (Å²) in [5.74, 6) is -0.940. The number of amides is 3. The molecule has 3 aromatic carbocycles. The number of anilines is 1. The largest absolute Gasteiger partial charge is 0.344 e. The summed E-state index contributed by atoms with van der Waals surface area (Å²) in [6.07, 6.45) is 1.18. The highest BCUT2D eigenvalue weighted by Gasteiger charge is 2.34. The number of nitrogens with one attached hydrogen (secondary N) is 2. The van der Waals surface area contributed by atoms with E-state index in [1.54, 1.807) is 6.07 Å². The van der Waals surface area contributed by atoms with Crippen molar-refractivity contribution < 1.29 is 14.4 Å². The van der Waals surface area contributed by atoms with E-state index >= 15 is 0 Å². The van der Waals surface area contributed by atoms with E-state index in [9.17, 15) is 14.4 Å². The minimum atomic E-state index is -0.441. The van der Waals surface area contributed by atoms with Crippen molar-refractivity contribution >= 4 is 56.8 Å². The molecule has 5 rings (SSSR count). The Hall–Kier alpha value is -3.68. The fourth-order valence-electron chi connectivity index (χ4n) is 4.80. The number of carbonyl (C=O) groups excluding carboxylic acids is 3. The third kappa shape index (κ3) is 3.96. The summed E-state index contributed by atoms with van der Waals surface area (Å²) < 4.78 is 1.99. The van der Waals surface area contributed by atoms with E-state index in [2.05, 4.69) is 10.6 Å². The van der Waals surface area contributed by atoms with E-state index in [4.69, 9.17) is 11.6 Å². The molecule has 1 aromatic heterocycles. The minimum absolute atomic E-state index is 0.0643. The minimum Gasteiger partial charge on any atom is -0.344 e. The molecular formula is C27H25ClN4O3. The highest BCUT2D eigenvalue weighted by atomic mass is 35.5. The van der Waals surface area contributed by atoms with Gasteiger partial charge in [0.2, 0.25) is 5.91 Å². The van der Waals surface area contributed by atoms with Crippen LogP contribution >= 0.6 is 11.6 Å². The van der Waals surface area contributed by atoms with E-state index in [1.165, 1.54) is 0 Å². The highest BCUT2D eigenvalue weighted by Crippen LogP contribution is 2.42. The molecule has 8 heteroatoms. The Morgan fingerprint density at radius 2 is 1.74 bits per heavy atom. The number of fused-ring (bicyclic) bond motifs is 5. The van der Waals surface area contributed by atoms with Crippen molar-refractivity contribution in [2.24, 2.45) is 7.05 Å². The van der Waals surface area contributed by atoms with Gasteiger partial charge in [0, 0.05) is 46.0 Å². The first kappa shape index (κ1) is 23.1. The van der Waals surface area contributed by atoms with Crippen LogP contribution in [0.1, 0.15) is 33.6 Å². The lowest BCUT2D eigenvalue weighted by Crippen LogP contribution is -2.20. The Labute approximate surface area is 207 Å². The van der Waals surface area contributed by atoms with Gasteiger partial charge in [0.15, 0.2) is 0 Å². The molecule has 0 aliphatic carbocycles. The molecule has 0 saturated carbocycles. The maximum atomic E-state index is 13.0. The first-order valence-electron chi connectivity index (χ1n) is 11.4. The average Bonchev–Trinajstić information content (AvgIpc) is 3.26. The SMILES string of the molecule is CN(C)CCCC(=O)Nc1ccc2c(c1)c1c3c(c(-c4ccccc4Cl)cc1n2C)C(=O)NC3=O. The smallest absolute Gasteiger partial charge is 0.259 e. The summed E-state index contributed by atoms with van der Waals surface area (Å²) in [6.45, 7) is 0.832. The molecule has 7 nitrogen and oxygen atoms in total.